The molecule has 5 nitrogen and oxygen atoms in total. The van der Waals surface area contributed by atoms with E-state index in [1.54, 1.807) is 13.8 Å². The lowest BCUT2D eigenvalue weighted by Crippen LogP contribution is -2.19. The quantitative estimate of drug-likeness (QED) is 0.709. The molecule has 0 saturated carbocycles. The van der Waals surface area contributed by atoms with Crippen molar-refractivity contribution in [3.63, 3.8) is 0 Å². The first-order chi connectivity index (χ1) is 9.49. The molecule has 2 heterocycles. The molecule has 6 heteroatoms. The van der Waals surface area contributed by atoms with Crippen molar-refractivity contribution >= 4 is 11.0 Å². The molecule has 0 spiro atoms. The van der Waals surface area contributed by atoms with Crippen LogP contribution in [0.2, 0.25) is 0 Å². The van der Waals surface area contributed by atoms with Gasteiger partial charge in [-0.1, -0.05) is 0 Å². The highest BCUT2D eigenvalue weighted by Gasteiger charge is 2.14. The van der Waals surface area contributed by atoms with Crippen LogP contribution in [-0.2, 0) is 0 Å². The van der Waals surface area contributed by atoms with E-state index in [0.717, 1.165) is 0 Å². The van der Waals surface area contributed by atoms with Gasteiger partial charge in [-0.05, 0) is 38.1 Å². The van der Waals surface area contributed by atoms with Gasteiger partial charge in [0.2, 0.25) is 0 Å². The maximum atomic E-state index is 12.9. The summed E-state index contributed by atoms with van der Waals surface area (Å²) in [5.41, 5.74) is 1.31. The van der Waals surface area contributed by atoms with E-state index in [1.165, 1.54) is 28.9 Å². The number of rotatable bonds is 1. The maximum absolute atomic E-state index is 12.9. The normalized spacial score (nSPS) is 11.2. The fourth-order valence-electron chi connectivity index (χ4n) is 2.15. The number of aromatic nitrogens is 3. The molecule has 0 bridgehead atoms. The molecule has 3 rings (SSSR count). The highest BCUT2D eigenvalue weighted by atomic mass is 19.1. The lowest BCUT2D eigenvalue weighted by Gasteiger charge is -2.00. The molecule has 0 aliphatic rings. The van der Waals surface area contributed by atoms with Gasteiger partial charge in [-0.15, -0.1) is 0 Å². The predicted octanol–water partition coefficient (Wildman–Crippen LogP) is 1.76. The summed E-state index contributed by atoms with van der Waals surface area (Å²) in [5, 5.41) is 2.92. The lowest BCUT2D eigenvalue weighted by atomic mass is 10.2. The Hall–Kier alpha value is -2.63. The van der Waals surface area contributed by atoms with Gasteiger partial charge in [0.1, 0.15) is 16.9 Å². The zero-order chi connectivity index (χ0) is 14.4. The summed E-state index contributed by atoms with van der Waals surface area (Å²) in [7, 11) is 0. The van der Waals surface area contributed by atoms with Crippen LogP contribution >= 0.6 is 0 Å². The Kier molecular flexibility index (Phi) is 2.60. The van der Waals surface area contributed by atoms with Gasteiger partial charge in [0.15, 0.2) is 5.43 Å². The van der Waals surface area contributed by atoms with E-state index in [-0.39, 0.29) is 16.6 Å². The second kappa shape index (κ2) is 4.19. The van der Waals surface area contributed by atoms with Crippen molar-refractivity contribution in [2.45, 2.75) is 13.8 Å². The average molecular weight is 273 g/mol. The first-order valence-corrected chi connectivity index (χ1v) is 6.09. The molecule has 2 aromatic heterocycles. The Morgan fingerprint density at radius 2 is 1.75 bits per heavy atom. The summed E-state index contributed by atoms with van der Waals surface area (Å²) in [6.07, 6.45) is 0. The molecule has 0 amide bonds. The van der Waals surface area contributed by atoms with Crippen molar-refractivity contribution in [1.29, 1.82) is 0 Å². The van der Waals surface area contributed by atoms with Crippen molar-refractivity contribution in [2.75, 3.05) is 0 Å². The van der Waals surface area contributed by atoms with Crippen LogP contribution in [-0.4, -0.2) is 14.8 Å². The van der Waals surface area contributed by atoms with E-state index < -0.39 is 5.56 Å². The van der Waals surface area contributed by atoms with Crippen LogP contribution in [0.4, 0.5) is 4.39 Å². The monoisotopic (exact) mass is 273 g/mol. The second-order valence-electron chi connectivity index (χ2n) is 4.68. The van der Waals surface area contributed by atoms with Gasteiger partial charge in [-0.3, -0.25) is 14.7 Å². The molecule has 0 unspecified atom stereocenters. The summed E-state index contributed by atoms with van der Waals surface area (Å²) < 4.78 is 14.1. The number of hydrogen-bond donors (Lipinski definition) is 2. The number of pyridine rings is 1. The van der Waals surface area contributed by atoms with E-state index in [0.29, 0.717) is 22.6 Å². The topological polar surface area (TPSA) is 70.7 Å². The van der Waals surface area contributed by atoms with Crippen LogP contribution in [0.25, 0.3) is 16.7 Å². The van der Waals surface area contributed by atoms with Gasteiger partial charge in [-0.2, -0.15) is 0 Å². The van der Waals surface area contributed by atoms with Crippen LogP contribution in [0.15, 0.2) is 33.9 Å². The van der Waals surface area contributed by atoms with Crippen molar-refractivity contribution in [1.82, 2.24) is 14.8 Å². The molecule has 0 saturated heterocycles. The number of fused-ring (bicyclic) bond motifs is 1. The molecule has 0 fully saturated rings. The number of nitrogens with one attached hydrogen (secondary N) is 2. The fraction of sp³-hybridized carbons (Fsp3) is 0.143. The van der Waals surface area contributed by atoms with Crippen molar-refractivity contribution < 1.29 is 4.39 Å². The summed E-state index contributed by atoms with van der Waals surface area (Å²) in [6.45, 7) is 3.44. The third-order valence-corrected chi connectivity index (χ3v) is 3.42. The first-order valence-electron chi connectivity index (χ1n) is 6.09. The van der Waals surface area contributed by atoms with Crippen LogP contribution in [0, 0.1) is 19.7 Å². The summed E-state index contributed by atoms with van der Waals surface area (Å²) in [4.78, 5) is 27.5. The van der Waals surface area contributed by atoms with Gasteiger partial charge >= 0.3 is 0 Å². The van der Waals surface area contributed by atoms with Gasteiger partial charge in [0.25, 0.3) is 5.56 Å². The maximum Gasteiger partial charge on any atom is 0.284 e. The number of halogens is 1. The van der Waals surface area contributed by atoms with Gasteiger partial charge in [-0.25, -0.2) is 9.07 Å². The van der Waals surface area contributed by atoms with Crippen LogP contribution in [0.1, 0.15) is 11.3 Å². The largest absolute Gasteiger partial charge is 0.343 e. The Morgan fingerprint density at radius 3 is 2.40 bits per heavy atom. The van der Waals surface area contributed by atoms with E-state index in [4.69, 9.17) is 0 Å². The smallest absolute Gasteiger partial charge is 0.284 e. The third kappa shape index (κ3) is 1.69. The van der Waals surface area contributed by atoms with Gasteiger partial charge in [0, 0.05) is 11.3 Å². The van der Waals surface area contributed by atoms with Crippen LogP contribution < -0.4 is 11.0 Å². The second-order valence-corrected chi connectivity index (χ2v) is 4.68. The Morgan fingerprint density at radius 1 is 1.10 bits per heavy atom. The van der Waals surface area contributed by atoms with Crippen LogP contribution in [0.3, 0.4) is 0 Å². The lowest BCUT2D eigenvalue weighted by molar-refractivity contribution is 0.627. The molecule has 0 radical (unpaired) electrons. The van der Waals surface area contributed by atoms with Crippen LogP contribution in [0.5, 0.6) is 0 Å². The van der Waals surface area contributed by atoms with Gasteiger partial charge in [0.05, 0.1) is 5.69 Å². The van der Waals surface area contributed by atoms with E-state index >= 15 is 0 Å². The minimum Gasteiger partial charge on any atom is -0.343 e. The molecular formula is C14H12FN3O2. The molecule has 3 aromatic rings. The standard InChI is InChI=1S/C14H12FN3O2/c1-7-8(2)16-13-11(12(7)19)14(20)18(17-13)10-5-3-9(15)4-6-10/h3-6H,1-2H3,(H2,16,17,19). The van der Waals surface area contributed by atoms with E-state index in [2.05, 4.69) is 10.1 Å². The number of hydrogen-bond acceptors (Lipinski definition) is 2. The molecule has 1 aromatic carbocycles. The highest BCUT2D eigenvalue weighted by Crippen LogP contribution is 2.10. The predicted molar refractivity (Wildman–Crippen MR) is 73.9 cm³/mol. The SMILES string of the molecule is Cc1[nH]c2[nH]n(-c3ccc(F)cc3)c(=O)c2c(=O)c1C. The Balaban J connectivity index is 2.37. The molecule has 0 atom stereocenters. The number of aryl methyl sites for hydroxylation is 1. The summed E-state index contributed by atoms with van der Waals surface area (Å²) in [6, 6.07) is 5.45. The minimum absolute atomic E-state index is 0.0809. The first kappa shape index (κ1) is 12.4. The molecule has 102 valence electrons. The van der Waals surface area contributed by atoms with Crippen molar-refractivity contribution in [3.05, 3.63) is 61.9 Å². The summed E-state index contributed by atoms with van der Waals surface area (Å²) >= 11 is 0. The Labute approximate surface area is 112 Å². The minimum atomic E-state index is -0.448. The molecule has 0 aliphatic heterocycles. The summed E-state index contributed by atoms with van der Waals surface area (Å²) in [5.74, 6) is -0.388. The fourth-order valence-corrected chi connectivity index (χ4v) is 2.15. The third-order valence-electron chi connectivity index (χ3n) is 3.42. The van der Waals surface area contributed by atoms with Crippen molar-refractivity contribution in [3.8, 4) is 5.69 Å². The van der Waals surface area contributed by atoms with Crippen molar-refractivity contribution in [2.24, 2.45) is 0 Å². The molecular weight excluding hydrogens is 261 g/mol. The molecule has 0 aliphatic carbocycles. The zero-order valence-electron chi connectivity index (χ0n) is 11.0. The molecule has 20 heavy (non-hydrogen) atoms. The average Bonchev–Trinajstić information content (AvgIpc) is 2.74. The number of H-pyrrole nitrogens is 2. The number of aromatic amines is 2. The van der Waals surface area contributed by atoms with E-state index in [1.807, 2.05) is 0 Å². The highest BCUT2D eigenvalue weighted by molar-refractivity contribution is 5.75. The molecule has 2 N–H and O–H groups in total. The number of nitrogens with zero attached hydrogens (tertiary/aromatic N) is 1. The Bertz CT molecular complexity index is 916. The van der Waals surface area contributed by atoms with E-state index in [9.17, 15) is 14.0 Å². The zero-order valence-corrected chi connectivity index (χ0v) is 11.0. The van der Waals surface area contributed by atoms with Gasteiger partial charge < -0.3 is 4.98 Å². The number of benzene rings is 1.